The fraction of sp³-hybridized carbons (Fsp3) is 0.500. The third-order valence-corrected chi connectivity index (χ3v) is 3.37. The van der Waals surface area contributed by atoms with Crippen molar-refractivity contribution in [2.75, 3.05) is 13.2 Å². The van der Waals surface area contributed by atoms with Gasteiger partial charge in [0.15, 0.2) is 0 Å². The fourth-order valence-electron chi connectivity index (χ4n) is 2.14. The lowest BCUT2D eigenvalue weighted by molar-refractivity contribution is -0.0382. The van der Waals surface area contributed by atoms with Gasteiger partial charge >= 0.3 is 5.69 Å². The number of nitrogens with zero attached hydrogens (tertiary/aromatic N) is 1. The van der Waals surface area contributed by atoms with Gasteiger partial charge in [0.2, 0.25) is 0 Å². The molecule has 0 saturated carbocycles. The highest BCUT2D eigenvalue weighted by Crippen LogP contribution is 2.28. The van der Waals surface area contributed by atoms with E-state index in [0.717, 1.165) is 0 Å². The standard InChI is InChI=1S/C12H17N2O6P/c15-3-1-2-7-5-14(12(18)13-11(7)17)10-4-8(16)9(20-10)6-19-21/h1-2,5,8-10,15-16H,3-4,6,21H2,(H,13,17,18)/b2-1+/t8?,9-,10?/m1/s1. The third-order valence-electron chi connectivity index (χ3n) is 3.17. The van der Waals surface area contributed by atoms with E-state index < -0.39 is 29.7 Å². The molecule has 0 aliphatic carbocycles. The van der Waals surface area contributed by atoms with Crippen molar-refractivity contribution in [3.8, 4) is 0 Å². The number of aliphatic hydroxyl groups is 2. The van der Waals surface area contributed by atoms with Crippen LogP contribution >= 0.6 is 9.47 Å². The van der Waals surface area contributed by atoms with Gasteiger partial charge in [-0.2, -0.15) is 0 Å². The van der Waals surface area contributed by atoms with Crippen molar-refractivity contribution >= 4 is 15.5 Å². The summed E-state index contributed by atoms with van der Waals surface area (Å²) < 4.78 is 11.6. The van der Waals surface area contributed by atoms with Gasteiger partial charge in [0.05, 0.1) is 24.9 Å². The zero-order chi connectivity index (χ0) is 15.4. The summed E-state index contributed by atoms with van der Waals surface area (Å²) >= 11 is 0. The zero-order valence-electron chi connectivity index (χ0n) is 11.1. The molecule has 0 bridgehead atoms. The van der Waals surface area contributed by atoms with Crippen LogP contribution in [-0.2, 0) is 9.26 Å². The molecule has 3 unspecified atom stereocenters. The van der Waals surface area contributed by atoms with Crippen LogP contribution in [-0.4, -0.2) is 45.2 Å². The van der Waals surface area contributed by atoms with Crippen LogP contribution in [0, 0.1) is 0 Å². The Balaban J connectivity index is 2.30. The number of rotatable bonds is 5. The molecule has 1 fully saturated rings. The first kappa shape index (κ1) is 16.1. The van der Waals surface area contributed by atoms with E-state index in [0.29, 0.717) is 0 Å². The first-order chi connectivity index (χ1) is 10.1. The molecule has 2 rings (SSSR count). The number of aliphatic hydroxyl groups excluding tert-OH is 2. The minimum Gasteiger partial charge on any atom is -0.392 e. The van der Waals surface area contributed by atoms with Crippen LogP contribution < -0.4 is 11.2 Å². The van der Waals surface area contributed by atoms with Crippen LogP contribution in [0.4, 0.5) is 0 Å². The maximum atomic E-state index is 11.9. The highest BCUT2D eigenvalue weighted by molar-refractivity contribution is 7.09. The van der Waals surface area contributed by atoms with Crippen molar-refractivity contribution < 1.29 is 19.5 Å². The molecule has 1 aliphatic rings. The summed E-state index contributed by atoms with van der Waals surface area (Å²) in [5.41, 5.74) is -0.956. The summed E-state index contributed by atoms with van der Waals surface area (Å²) in [6, 6.07) is 0. The SMILES string of the molecule is O=c1[nH]c(=O)n(C2CC(O)[C@@H](COP)O2)cc1/C=C/CO. The number of aromatic amines is 1. The van der Waals surface area contributed by atoms with E-state index in [1.54, 1.807) is 0 Å². The van der Waals surface area contributed by atoms with Crippen molar-refractivity contribution in [1.29, 1.82) is 0 Å². The Labute approximate surface area is 122 Å². The fourth-order valence-corrected chi connectivity index (χ4v) is 2.33. The number of ether oxygens (including phenoxy) is 1. The Morgan fingerprint density at radius 3 is 3.00 bits per heavy atom. The van der Waals surface area contributed by atoms with Gasteiger partial charge in [0.1, 0.15) is 12.3 Å². The number of nitrogens with one attached hydrogen (secondary N) is 1. The van der Waals surface area contributed by atoms with Crippen LogP contribution in [0.2, 0.25) is 0 Å². The van der Waals surface area contributed by atoms with Gasteiger partial charge in [-0.15, -0.1) is 0 Å². The van der Waals surface area contributed by atoms with E-state index in [4.69, 9.17) is 14.4 Å². The van der Waals surface area contributed by atoms with Crippen LogP contribution in [0.5, 0.6) is 0 Å². The lowest BCUT2D eigenvalue weighted by Crippen LogP contribution is -2.33. The third kappa shape index (κ3) is 3.66. The van der Waals surface area contributed by atoms with Crippen LogP contribution in [0.3, 0.4) is 0 Å². The maximum Gasteiger partial charge on any atom is 0.330 e. The number of hydrogen-bond donors (Lipinski definition) is 3. The monoisotopic (exact) mass is 316 g/mol. The molecule has 9 heteroatoms. The molecule has 0 amide bonds. The Bertz CT molecular complexity index is 625. The van der Waals surface area contributed by atoms with Gasteiger partial charge in [-0.25, -0.2) is 4.79 Å². The van der Waals surface area contributed by atoms with Gasteiger partial charge in [-0.05, 0) is 6.08 Å². The Morgan fingerprint density at radius 2 is 2.33 bits per heavy atom. The molecule has 0 spiro atoms. The number of hydrogen-bond acceptors (Lipinski definition) is 6. The summed E-state index contributed by atoms with van der Waals surface area (Å²) in [5, 5.41) is 18.6. The maximum absolute atomic E-state index is 11.9. The Hall–Kier alpha value is -1.31. The molecule has 0 aromatic carbocycles. The van der Waals surface area contributed by atoms with Crippen molar-refractivity contribution in [1.82, 2.24) is 9.55 Å². The molecule has 1 aromatic heterocycles. The summed E-state index contributed by atoms with van der Waals surface area (Å²) in [6.45, 7) is -0.0392. The molecule has 4 atom stereocenters. The van der Waals surface area contributed by atoms with Crippen LogP contribution in [0.15, 0.2) is 21.9 Å². The molecular weight excluding hydrogens is 299 g/mol. The second kappa shape index (κ2) is 7.11. The molecule has 1 aliphatic heterocycles. The van der Waals surface area contributed by atoms with Crippen molar-refractivity contribution in [3.63, 3.8) is 0 Å². The van der Waals surface area contributed by atoms with Crippen LogP contribution in [0.25, 0.3) is 6.08 Å². The topological polar surface area (TPSA) is 114 Å². The normalized spacial score (nSPS) is 25.8. The van der Waals surface area contributed by atoms with E-state index in [-0.39, 0.29) is 25.2 Å². The van der Waals surface area contributed by atoms with Crippen molar-refractivity contribution in [2.45, 2.75) is 24.9 Å². The minimum absolute atomic E-state index is 0.178. The van der Waals surface area contributed by atoms with E-state index in [1.165, 1.54) is 22.9 Å². The van der Waals surface area contributed by atoms with Gasteiger partial charge in [0, 0.05) is 22.1 Å². The smallest absolute Gasteiger partial charge is 0.330 e. The summed E-state index contributed by atoms with van der Waals surface area (Å²) in [5.74, 6) is 0. The molecule has 8 nitrogen and oxygen atoms in total. The van der Waals surface area contributed by atoms with E-state index in [9.17, 15) is 14.7 Å². The largest absolute Gasteiger partial charge is 0.392 e. The Morgan fingerprint density at radius 1 is 1.57 bits per heavy atom. The van der Waals surface area contributed by atoms with Crippen molar-refractivity contribution in [3.05, 3.63) is 38.7 Å². The lowest BCUT2D eigenvalue weighted by Gasteiger charge is -2.15. The first-order valence-electron chi connectivity index (χ1n) is 6.35. The summed E-state index contributed by atoms with van der Waals surface area (Å²) in [4.78, 5) is 25.7. The first-order valence-corrected chi connectivity index (χ1v) is 6.82. The average Bonchev–Trinajstić information content (AvgIpc) is 2.79. The second-order valence-electron chi connectivity index (χ2n) is 4.60. The second-order valence-corrected chi connectivity index (χ2v) is 4.93. The Kier molecular flexibility index (Phi) is 5.44. The zero-order valence-corrected chi connectivity index (χ0v) is 12.3. The molecule has 1 saturated heterocycles. The predicted molar refractivity (Wildman–Crippen MR) is 77.6 cm³/mol. The highest BCUT2D eigenvalue weighted by atomic mass is 31.0. The molecule has 2 heterocycles. The van der Waals surface area contributed by atoms with E-state index in [1.807, 2.05) is 0 Å². The average molecular weight is 316 g/mol. The molecule has 0 radical (unpaired) electrons. The molecule has 3 N–H and O–H groups in total. The van der Waals surface area contributed by atoms with E-state index in [2.05, 4.69) is 14.5 Å². The highest BCUT2D eigenvalue weighted by Gasteiger charge is 2.35. The van der Waals surface area contributed by atoms with Gasteiger partial charge < -0.3 is 19.5 Å². The quantitative estimate of drug-likeness (QED) is 0.600. The van der Waals surface area contributed by atoms with Gasteiger partial charge in [-0.1, -0.05) is 6.08 Å². The number of H-pyrrole nitrogens is 1. The summed E-state index contributed by atoms with van der Waals surface area (Å²) in [6.07, 6.45) is 2.37. The molecule has 116 valence electrons. The molecule has 1 aromatic rings. The molecule has 21 heavy (non-hydrogen) atoms. The minimum atomic E-state index is -0.759. The van der Waals surface area contributed by atoms with Gasteiger partial charge in [-0.3, -0.25) is 14.3 Å². The lowest BCUT2D eigenvalue weighted by atomic mass is 10.2. The number of aromatic nitrogens is 2. The van der Waals surface area contributed by atoms with Gasteiger partial charge in [0.25, 0.3) is 5.56 Å². The predicted octanol–water partition coefficient (Wildman–Crippen LogP) is -1.00. The van der Waals surface area contributed by atoms with Crippen LogP contribution in [0.1, 0.15) is 18.2 Å². The van der Waals surface area contributed by atoms with E-state index >= 15 is 0 Å². The summed E-state index contributed by atoms with van der Waals surface area (Å²) in [7, 11) is 2.07. The molecular formula is C12H17N2O6P. The van der Waals surface area contributed by atoms with Crippen molar-refractivity contribution in [2.24, 2.45) is 0 Å².